The molecule has 5 nitrogen and oxygen atoms in total. The van der Waals surface area contributed by atoms with Gasteiger partial charge < -0.3 is 5.32 Å². The van der Waals surface area contributed by atoms with Crippen molar-refractivity contribution in [3.05, 3.63) is 94.8 Å². The fraction of sp³-hybridized carbons (Fsp3) is 0.174. The second-order valence-corrected chi connectivity index (χ2v) is 8.70. The van der Waals surface area contributed by atoms with Gasteiger partial charge in [-0.1, -0.05) is 30.3 Å². The molecule has 0 unspecified atom stereocenters. The highest BCUT2D eigenvalue weighted by molar-refractivity contribution is 7.92. The first kappa shape index (κ1) is 21.5. The van der Waals surface area contributed by atoms with Crippen LogP contribution >= 0.6 is 0 Å². The van der Waals surface area contributed by atoms with Gasteiger partial charge >= 0.3 is 0 Å². The number of hydrogen-bond donors (Lipinski definition) is 2. The van der Waals surface area contributed by atoms with E-state index in [4.69, 9.17) is 0 Å². The minimum Gasteiger partial charge on any atom is -0.352 e. The first-order valence-corrected chi connectivity index (χ1v) is 11.0. The normalized spacial score (nSPS) is 11.2. The largest absolute Gasteiger partial charge is 0.352 e. The predicted octanol–water partition coefficient (Wildman–Crippen LogP) is 4.22. The molecule has 0 saturated carbocycles. The van der Waals surface area contributed by atoms with Gasteiger partial charge in [-0.15, -0.1) is 0 Å². The highest BCUT2D eigenvalue weighted by Crippen LogP contribution is 2.21. The van der Waals surface area contributed by atoms with E-state index in [9.17, 15) is 17.6 Å². The molecule has 0 aliphatic carbocycles. The number of sulfonamides is 1. The van der Waals surface area contributed by atoms with Gasteiger partial charge in [0, 0.05) is 17.8 Å². The number of hydrogen-bond acceptors (Lipinski definition) is 3. The lowest BCUT2D eigenvalue weighted by molar-refractivity contribution is 0.0954. The van der Waals surface area contributed by atoms with Crippen LogP contribution < -0.4 is 10.0 Å². The molecule has 0 spiro atoms. The van der Waals surface area contributed by atoms with Crippen LogP contribution in [0.2, 0.25) is 0 Å². The lowest BCUT2D eigenvalue weighted by Gasteiger charge is -2.12. The first-order valence-electron chi connectivity index (χ1n) is 9.48. The van der Waals surface area contributed by atoms with E-state index in [1.54, 1.807) is 49.4 Å². The number of carbonyl (C=O) groups excluding carboxylic acids is 1. The van der Waals surface area contributed by atoms with Crippen LogP contribution in [0.1, 0.15) is 27.0 Å². The van der Waals surface area contributed by atoms with E-state index < -0.39 is 10.0 Å². The van der Waals surface area contributed by atoms with Crippen molar-refractivity contribution >= 4 is 21.6 Å². The van der Waals surface area contributed by atoms with Crippen molar-refractivity contribution in [2.45, 2.75) is 25.2 Å². The molecular weight excluding hydrogens is 403 g/mol. The summed E-state index contributed by atoms with van der Waals surface area (Å²) in [5, 5.41) is 2.74. The van der Waals surface area contributed by atoms with E-state index in [-0.39, 0.29) is 16.6 Å². The molecule has 0 atom stereocenters. The topological polar surface area (TPSA) is 75.3 Å². The van der Waals surface area contributed by atoms with Crippen molar-refractivity contribution in [2.24, 2.45) is 0 Å². The third-order valence-electron chi connectivity index (χ3n) is 4.67. The maximum absolute atomic E-state index is 13.6. The fourth-order valence-corrected chi connectivity index (χ4v) is 4.40. The second kappa shape index (κ2) is 9.09. The summed E-state index contributed by atoms with van der Waals surface area (Å²) in [6.45, 7) is 3.86. The Labute approximate surface area is 176 Å². The van der Waals surface area contributed by atoms with Crippen LogP contribution in [-0.4, -0.2) is 20.9 Å². The van der Waals surface area contributed by atoms with Gasteiger partial charge in [0.15, 0.2) is 0 Å². The van der Waals surface area contributed by atoms with Crippen molar-refractivity contribution in [1.29, 1.82) is 0 Å². The van der Waals surface area contributed by atoms with Gasteiger partial charge in [0.1, 0.15) is 5.82 Å². The van der Waals surface area contributed by atoms with Gasteiger partial charge in [-0.05, 0) is 73.4 Å². The van der Waals surface area contributed by atoms with E-state index in [0.29, 0.717) is 35.3 Å². The fourth-order valence-electron chi connectivity index (χ4n) is 3.01. The Morgan fingerprint density at radius 3 is 2.37 bits per heavy atom. The van der Waals surface area contributed by atoms with Crippen LogP contribution in [0.4, 0.5) is 10.1 Å². The number of benzene rings is 3. The molecule has 156 valence electrons. The van der Waals surface area contributed by atoms with Gasteiger partial charge in [0.2, 0.25) is 0 Å². The van der Waals surface area contributed by atoms with Crippen LogP contribution in [0.25, 0.3) is 0 Å². The predicted molar refractivity (Wildman–Crippen MR) is 116 cm³/mol. The van der Waals surface area contributed by atoms with Gasteiger partial charge in [-0.2, -0.15) is 0 Å². The minimum absolute atomic E-state index is 0.220. The zero-order valence-corrected chi connectivity index (χ0v) is 17.6. The monoisotopic (exact) mass is 426 g/mol. The van der Waals surface area contributed by atoms with Crippen molar-refractivity contribution in [2.75, 3.05) is 11.3 Å². The molecule has 2 N–H and O–H groups in total. The van der Waals surface area contributed by atoms with E-state index >= 15 is 0 Å². The molecule has 30 heavy (non-hydrogen) atoms. The molecule has 1 amide bonds. The van der Waals surface area contributed by atoms with Gasteiger partial charge in [-0.3, -0.25) is 9.52 Å². The molecule has 7 heteroatoms. The number of carbonyl (C=O) groups is 1. The van der Waals surface area contributed by atoms with Crippen molar-refractivity contribution < 1.29 is 17.6 Å². The van der Waals surface area contributed by atoms with Gasteiger partial charge in [0.05, 0.1) is 4.90 Å². The van der Waals surface area contributed by atoms with E-state index in [2.05, 4.69) is 10.0 Å². The average Bonchev–Trinajstić information content (AvgIpc) is 2.71. The van der Waals surface area contributed by atoms with Crippen LogP contribution in [0.5, 0.6) is 0 Å². The highest BCUT2D eigenvalue weighted by atomic mass is 32.2. The molecule has 0 heterocycles. The number of halogens is 1. The number of rotatable bonds is 7. The number of nitrogens with one attached hydrogen (secondary N) is 2. The highest BCUT2D eigenvalue weighted by Gasteiger charge is 2.17. The Balaban J connectivity index is 1.62. The average molecular weight is 427 g/mol. The molecule has 0 bridgehead atoms. The maximum Gasteiger partial charge on any atom is 0.262 e. The summed E-state index contributed by atoms with van der Waals surface area (Å²) in [7, 11) is -3.73. The van der Waals surface area contributed by atoms with Crippen LogP contribution in [0, 0.1) is 19.7 Å². The van der Waals surface area contributed by atoms with E-state index in [1.165, 1.54) is 18.2 Å². The van der Waals surface area contributed by atoms with Crippen LogP contribution in [0.15, 0.2) is 71.6 Å². The number of anilines is 1. The van der Waals surface area contributed by atoms with Gasteiger partial charge in [0.25, 0.3) is 15.9 Å². The molecule has 3 aromatic rings. The van der Waals surface area contributed by atoms with Crippen LogP contribution in [0.3, 0.4) is 0 Å². The molecular formula is C23H23FN2O3S. The van der Waals surface area contributed by atoms with Crippen LogP contribution in [-0.2, 0) is 16.4 Å². The summed E-state index contributed by atoms with van der Waals surface area (Å²) in [4.78, 5) is 12.5. The maximum atomic E-state index is 13.6. The van der Waals surface area contributed by atoms with Gasteiger partial charge in [-0.25, -0.2) is 12.8 Å². The third-order valence-corrected chi connectivity index (χ3v) is 6.19. The summed E-state index contributed by atoms with van der Waals surface area (Å²) >= 11 is 0. The van der Waals surface area contributed by atoms with Crippen molar-refractivity contribution in [1.82, 2.24) is 5.32 Å². The zero-order chi connectivity index (χ0) is 21.7. The number of amides is 1. The molecule has 0 saturated heterocycles. The Hall–Kier alpha value is -3.19. The standard InChI is InChI=1S/C23H23FN2O3S/c1-16-7-8-17(2)22(15-16)30(28,29)26-20-11-9-19(10-12-20)23(27)25-14-13-18-5-3-4-6-21(18)24/h3-12,15,26H,13-14H2,1-2H3,(H,25,27). The lowest BCUT2D eigenvalue weighted by atomic mass is 10.1. The van der Waals surface area contributed by atoms with Crippen molar-refractivity contribution in [3.8, 4) is 0 Å². The summed E-state index contributed by atoms with van der Waals surface area (Å²) in [6, 6.07) is 17.8. The zero-order valence-electron chi connectivity index (χ0n) is 16.8. The Morgan fingerprint density at radius 2 is 1.67 bits per heavy atom. The lowest BCUT2D eigenvalue weighted by Crippen LogP contribution is -2.25. The molecule has 3 aromatic carbocycles. The SMILES string of the molecule is Cc1ccc(C)c(S(=O)(=O)Nc2ccc(C(=O)NCCc3ccccc3F)cc2)c1. The summed E-state index contributed by atoms with van der Waals surface area (Å²) < 4.78 is 41.5. The summed E-state index contributed by atoms with van der Waals surface area (Å²) in [6.07, 6.45) is 0.381. The second-order valence-electron chi connectivity index (χ2n) is 7.05. The number of aryl methyl sites for hydroxylation is 2. The first-order chi connectivity index (χ1) is 14.3. The van der Waals surface area contributed by atoms with E-state index in [0.717, 1.165) is 5.56 Å². The molecule has 0 aliphatic heterocycles. The molecule has 0 fully saturated rings. The Bertz CT molecular complexity index is 1160. The molecule has 0 radical (unpaired) electrons. The minimum atomic E-state index is -3.73. The molecule has 0 aliphatic rings. The quantitative estimate of drug-likeness (QED) is 0.594. The molecule has 3 rings (SSSR count). The van der Waals surface area contributed by atoms with E-state index in [1.807, 2.05) is 13.0 Å². The summed E-state index contributed by atoms with van der Waals surface area (Å²) in [5.74, 6) is -0.609. The van der Waals surface area contributed by atoms with Crippen molar-refractivity contribution in [3.63, 3.8) is 0 Å². The summed E-state index contributed by atoms with van der Waals surface area (Å²) in [5.41, 5.74) is 2.79. The Kier molecular flexibility index (Phi) is 6.52. The molecule has 0 aromatic heterocycles. The Morgan fingerprint density at radius 1 is 0.967 bits per heavy atom. The third kappa shape index (κ3) is 5.24. The smallest absolute Gasteiger partial charge is 0.262 e.